The predicted octanol–water partition coefficient (Wildman–Crippen LogP) is 3.25. The van der Waals surface area contributed by atoms with E-state index in [-0.39, 0.29) is 0 Å². The van der Waals surface area contributed by atoms with Crippen LogP contribution in [0.1, 0.15) is 25.3 Å². The number of benzene rings is 1. The molecule has 3 rings (SSSR count). The molecular weight excluding hydrogens is 266 g/mol. The number of para-hydroxylation sites is 1. The van der Waals surface area contributed by atoms with Gasteiger partial charge in [-0.2, -0.15) is 16.9 Å². The van der Waals surface area contributed by atoms with E-state index in [0.717, 1.165) is 18.8 Å². The molecule has 0 amide bonds. The minimum Gasteiger partial charge on any atom is -0.311 e. The summed E-state index contributed by atoms with van der Waals surface area (Å²) in [5.41, 5.74) is 2.34. The van der Waals surface area contributed by atoms with Crippen molar-refractivity contribution in [3.05, 3.63) is 48.3 Å². The fourth-order valence-corrected chi connectivity index (χ4v) is 3.90. The highest BCUT2D eigenvalue weighted by Gasteiger charge is 2.28. The van der Waals surface area contributed by atoms with E-state index in [4.69, 9.17) is 0 Å². The summed E-state index contributed by atoms with van der Waals surface area (Å²) >= 11 is 2.10. The molecule has 1 atom stereocenters. The van der Waals surface area contributed by atoms with Crippen molar-refractivity contribution in [1.29, 1.82) is 0 Å². The van der Waals surface area contributed by atoms with Crippen LogP contribution in [-0.4, -0.2) is 26.8 Å². The fourth-order valence-electron chi connectivity index (χ4n) is 2.62. The number of thioether (sulfide) groups is 1. The van der Waals surface area contributed by atoms with E-state index in [1.54, 1.807) is 0 Å². The van der Waals surface area contributed by atoms with Gasteiger partial charge in [0.15, 0.2) is 0 Å². The zero-order chi connectivity index (χ0) is 13.8. The lowest BCUT2D eigenvalue weighted by atomic mass is 10.1. The Morgan fingerprint density at radius 3 is 2.95 bits per heavy atom. The Morgan fingerprint density at radius 1 is 1.35 bits per heavy atom. The maximum atomic E-state index is 4.43. The monoisotopic (exact) mass is 287 g/mol. The molecule has 0 bridgehead atoms. The first kappa shape index (κ1) is 13.7. The summed E-state index contributed by atoms with van der Waals surface area (Å²) in [6, 6.07) is 10.2. The Morgan fingerprint density at radius 2 is 2.20 bits per heavy atom. The summed E-state index contributed by atoms with van der Waals surface area (Å²) in [4.78, 5) is 0. The molecule has 1 aromatic carbocycles. The molecule has 1 aliphatic rings. The van der Waals surface area contributed by atoms with E-state index in [0.29, 0.717) is 4.75 Å². The molecule has 3 nitrogen and oxygen atoms in total. The SMILES string of the molecule is CC1(CNCc2cnn(-c3ccccc3)c2)CCCS1. The molecule has 1 aliphatic heterocycles. The second kappa shape index (κ2) is 6.02. The molecule has 1 aromatic heterocycles. The van der Waals surface area contributed by atoms with Crippen LogP contribution in [-0.2, 0) is 6.54 Å². The lowest BCUT2D eigenvalue weighted by Crippen LogP contribution is -2.32. The largest absolute Gasteiger partial charge is 0.311 e. The zero-order valence-corrected chi connectivity index (χ0v) is 12.7. The third-order valence-corrected chi connectivity index (χ3v) is 5.32. The molecule has 2 heterocycles. The molecule has 4 heteroatoms. The van der Waals surface area contributed by atoms with Crippen LogP contribution in [0.3, 0.4) is 0 Å². The Balaban J connectivity index is 1.55. The molecule has 106 valence electrons. The van der Waals surface area contributed by atoms with Gasteiger partial charge in [0.1, 0.15) is 0 Å². The van der Waals surface area contributed by atoms with Gasteiger partial charge in [-0.25, -0.2) is 4.68 Å². The second-order valence-electron chi connectivity index (χ2n) is 5.63. The van der Waals surface area contributed by atoms with Crippen molar-refractivity contribution >= 4 is 11.8 Å². The second-order valence-corrected chi connectivity index (χ2v) is 7.32. The standard InChI is InChI=1S/C16H21N3S/c1-16(8-5-9-20-16)13-17-10-14-11-18-19(12-14)15-6-3-2-4-7-15/h2-4,6-7,11-12,17H,5,8-10,13H2,1H3. The zero-order valence-electron chi connectivity index (χ0n) is 11.9. The molecule has 1 saturated heterocycles. The molecule has 0 aliphatic carbocycles. The summed E-state index contributed by atoms with van der Waals surface area (Å²) in [7, 11) is 0. The Hall–Kier alpha value is -1.26. The highest BCUT2D eigenvalue weighted by Crippen LogP contribution is 2.36. The number of nitrogens with one attached hydrogen (secondary N) is 1. The lowest BCUT2D eigenvalue weighted by Gasteiger charge is -2.22. The van der Waals surface area contributed by atoms with Gasteiger partial charge in [0, 0.05) is 29.6 Å². The van der Waals surface area contributed by atoms with Gasteiger partial charge in [-0.3, -0.25) is 0 Å². The topological polar surface area (TPSA) is 29.9 Å². The van der Waals surface area contributed by atoms with Crippen molar-refractivity contribution in [2.45, 2.75) is 31.1 Å². The Bertz CT molecular complexity index is 544. The van der Waals surface area contributed by atoms with Crippen molar-refractivity contribution < 1.29 is 0 Å². The lowest BCUT2D eigenvalue weighted by molar-refractivity contribution is 0.537. The van der Waals surface area contributed by atoms with Crippen LogP contribution in [0.15, 0.2) is 42.7 Å². The van der Waals surface area contributed by atoms with Crippen LogP contribution in [0.5, 0.6) is 0 Å². The minimum absolute atomic E-state index is 0.426. The van der Waals surface area contributed by atoms with Gasteiger partial charge in [0.05, 0.1) is 11.9 Å². The molecule has 0 spiro atoms. The third kappa shape index (κ3) is 3.25. The average Bonchev–Trinajstić information content (AvgIpc) is 3.10. The van der Waals surface area contributed by atoms with Gasteiger partial charge in [-0.15, -0.1) is 0 Å². The van der Waals surface area contributed by atoms with Gasteiger partial charge < -0.3 is 5.32 Å². The van der Waals surface area contributed by atoms with Crippen molar-refractivity contribution in [2.24, 2.45) is 0 Å². The van der Waals surface area contributed by atoms with E-state index in [1.165, 1.54) is 24.2 Å². The van der Waals surface area contributed by atoms with Crippen molar-refractivity contribution in [1.82, 2.24) is 15.1 Å². The summed E-state index contributed by atoms with van der Waals surface area (Å²) in [5, 5.41) is 8.00. The average molecular weight is 287 g/mol. The highest BCUT2D eigenvalue weighted by atomic mass is 32.2. The Labute approximate surface area is 124 Å². The molecule has 0 radical (unpaired) electrons. The summed E-state index contributed by atoms with van der Waals surface area (Å²) in [6.45, 7) is 4.34. The molecule has 1 unspecified atom stereocenters. The van der Waals surface area contributed by atoms with Gasteiger partial charge in [0.25, 0.3) is 0 Å². The summed E-state index contributed by atoms with van der Waals surface area (Å²) in [5.74, 6) is 1.31. The van der Waals surface area contributed by atoms with Crippen molar-refractivity contribution in [3.8, 4) is 5.69 Å². The van der Waals surface area contributed by atoms with E-state index in [2.05, 4.69) is 47.4 Å². The maximum absolute atomic E-state index is 4.43. The normalized spacial score (nSPS) is 22.2. The van der Waals surface area contributed by atoms with E-state index in [1.807, 2.05) is 29.1 Å². The van der Waals surface area contributed by atoms with Gasteiger partial charge in [-0.1, -0.05) is 18.2 Å². The maximum Gasteiger partial charge on any atom is 0.0645 e. The smallest absolute Gasteiger partial charge is 0.0645 e. The molecule has 1 fully saturated rings. The fraction of sp³-hybridized carbons (Fsp3) is 0.438. The summed E-state index contributed by atoms with van der Waals surface area (Å²) in [6.07, 6.45) is 6.74. The molecular formula is C16H21N3S. The van der Waals surface area contributed by atoms with Crippen LogP contribution in [0, 0.1) is 0 Å². The number of rotatable bonds is 5. The minimum atomic E-state index is 0.426. The first-order chi connectivity index (χ1) is 9.75. The van der Waals surface area contributed by atoms with E-state index < -0.39 is 0 Å². The van der Waals surface area contributed by atoms with Crippen molar-refractivity contribution in [3.63, 3.8) is 0 Å². The first-order valence-corrected chi connectivity index (χ1v) is 8.17. The van der Waals surface area contributed by atoms with Crippen LogP contribution in [0.2, 0.25) is 0 Å². The van der Waals surface area contributed by atoms with E-state index in [9.17, 15) is 0 Å². The quantitative estimate of drug-likeness (QED) is 0.915. The van der Waals surface area contributed by atoms with Crippen LogP contribution in [0.4, 0.5) is 0 Å². The summed E-state index contributed by atoms with van der Waals surface area (Å²) < 4.78 is 2.36. The van der Waals surface area contributed by atoms with Crippen molar-refractivity contribution in [2.75, 3.05) is 12.3 Å². The van der Waals surface area contributed by atoms with Gasteiger partial charge in [0.2, 0.25) is 0 Å². The third-order valence-electron chi connectivity index (χ3n) is 3.79. The first-order valence-electron chi connectivity index (χ1n) is 7.19. The molecule has 20 heavy (non-hydrogen) atoms. The van der Waals surface area contributed by atoms with Crippen LogP contribution < -0.4 is 5.32 Å². The molecule has 2 aromatic rings. The number of aromatic nitrogens is 2. The van der Waals surface area contributed by atoms with Crippen LogP contribution in [0.25, 0.3) is 5.69 Å². The number of hydrogen-bond acceptors (Lipinski definition) is 3. The van der Waals surface area contributed by atoms with Gasteiger partial charge in [-0.05, 0) is 37.7 Å². The molecule has 0 saturated carbocycles. The highest BCUT2D eigenvalue weighted by molar-refractivity contribution is 8.00. The predicted molar refractivity (Wildman–Crippen MR) is 85.4 cm³/mol. The number of nitrogens with zero attached hydrogens (tertiary/aromatic N) is 2. The van der Waals surface area contributed by atoms with Crippen LogP contribution >= 0.6 is 11.8 Å². The number of hydrogen-bond donors (Lipinski definition) is 1. The Kier molecular flexibility index (Phi) is 4.13. The molecule has 1 N–H and O–H groups in total. The van der Waals surface area contributed by atoms with Gasteiger partial charge >= 0.3 is 0 Å². The van der Waals surface area contributed by atoms with E-state index >= 15 is 0 Å².